The van der Waals surface area contributed by atoms with E-state index < -0.39 is 23.4 Å². The molecular formula is C19H17ClN2O6S. The van der Waals surface area contributed by atoms with Gasteiger partial charge in [0.05, 0.1) is 11.3 Å². The molecule has 0 fully saturated rings. The smallest absolute Gasteiger partial charge is 0.306 e. The minimum absolute atomic E-state index is 0.0567. The molecule has 0 aliphatic heterocycles. The number of nitrogens with one attached hydrogen (secondary N) is 1. The summed E-state index contributed by atoms with van der Waals surface area (Å²) in [5.41, 5.74) is 0.0428. The Balaban J connectivity index is 1.81. The van der Waals surface area contributed by atoms with Crippen LogP contribution >= 0.6 is 23.4 Å². The number of thioether (sulfide) groups is 1. The largest absolute Gasteiger partial charge is 0.456 e. The highest BCUT2D eigenvalue weighted by atomic mass is 35.5. The molecule has 0 aliphatic carbocycles. The number of Topliss-reactive ketones (excluding diaryl/α,β-unsaturated/α-hetero) is 1. The number of amides is 1. The molecule has 8 nitrogen and oxygen atoms in total. The van der Waals surface area contributed by atoms with Gasteiger partial charge in [-0.2, -0.15) is 0 Å². The summed E-state index contributed by atoms with van der Waals surface area (Å²) in [6.07, 6.45) is 1.68. The summed E-state index contributed by atoms with van der Waals surface area (Å²) in [6.45, 7) is -0.640. The molecule has 0 bridgehead atoms. The number of carbonyl (C=O) groups excluding carboxylic acids is 3. The molecule has 0 spiro atoms. The minimum atomic E-state index is -0.761. The molecule has 0 aromatic heterocycles. The van der Waals surface area contributed by atoms with E-state index in [1.165, 1.54) is 12.1 Å². The molecule has 0 saturated heterocycles. The lowest BCUT2D eigenvalue weighted by molar-refractivity contribution is -0.383. The summed E-state index contributed by atoms with van der Waals surface area (Å²) in [7, 11) is 0. The lowest BCUT2D eigenvalue weighted by Crippen LogP contribution is -2.21. The summed E-state index contributed by atoms with van der Waals surface area (Å²) in [4.78, 5) is 47.1. The van der Waals surface area contributed by atoms with Crippen LogP contribution in [0.15, 0.2) is 47.4 Å². The second kappa shape index (κ2) is 10.6. The third-order valence-electron chi connectivity index (χ3n) is 3.76. The zero-order chi connectivity index (χ0) is 21.4. The van der Waals surface area contributed by atoms with Gasteiger partial charge in [0.1, 0.15) is 5.69 Å². The quantitative estimate of drug-likeness (QED) is 0.206. The normalized spacial score (nSPS) is 10.3. The van der Waals surface area contributed by atoms with Crippen LogP contribution in [-0.4, -0.2) is 35.4 Å². The van der Waals surface area contributed by atoms with Crippen LogP contribution in [0.1, 0.15) is 23.2 Å². The number of hydrogen-bond donors (Lipinski definition) is 1. The van der Waals surface area contributed by atoms with Crippen LogP contribution < -0.4 is 5.32 Å². The monoisotopic (exact) mass is 436 g/mol. The van der Waals surface area contributed by atoms with Crippen LogP contribution in [0.5, 0.6) is 0 Å². The van der Waals surface area contributed by atoms with Crippen LogP contribution in [0.2, 0.25) is 5.02 Å². The lowest BCUT2D eigenvalue weighted by Gasteiger charge is -2.07. The Morgan fingerprint density at radius 1 is 1.14 bits per heavy atom. The number of rotatable bonds is 9. The van der Waals surface area contributed by atoms with Crippen molar-refractivity contribution in [3.05, 3.63) is 63.2 Å². The number of ether oxygens (including phenoxy) is 1. The zero-order valence-electron chi connectivity index (χ0n) is 15.3. The summed E-state index contributed by atoms with van der Waals surface area (Å²) in [5.74, 6) is -1.70. The maximum atomic E-state index is 12.1. The van der Waals surface area contributed by atoms with Gasteiger partial charge in [0.2, 0.25) is 0 Å². The Morgan fingerprint density at radius 2 is 1.83 bits per heavy atom. The van der Waals surface area contributed by atoms with E-state index in [1.807, 2.05) is 18.4 Å². The third-order valence-corrected chi connectivity index (χ3v) is 4.74. The van der Waals surface area contributed by atoms with E-state index in [4.69, 9.17) is 16.3 Å². The number of nitro benzene ring substituents is 1. The van der Waals surface area contributed by atoms with Crippen LogP contribution in [0.3, 0.4) is 0 Å². The first-order valence-electron chi connectivity index (χ1n) is 8.37. The fourth-order valence-corrected chi connectivity index (χ4v) is 2.89. The molecule has 0 radical (unpaired) electrons. The standard InChI is InChI=1S/C19H17ClN2O6S/c1-29-14-5-2-12(3-6-14)17(23)8-9-19(25)28-11-18(24)21-15-10-13(20)4-7-16(15)22(26)27/h2-7,10H,8-9,11H2,1H3,(H,21,24). The van der Waals surface area contributed by atoms with Crippen molar-refractivity contribution in [1.29, 1.82) is 0 Å². The van der Waals surface area contributed by atoms with E-state index in [0.29, 0.717) is 5.56 Å². The molecule has 29 heavy (non-hydrogen) atoms. The van der Waals surface area contributed by atoms with Gasteiger partial charge >= 0.3 is 5.97 Å². The van der Waals surface area contributed by atoms with E-state index in [-0.39, 0.29) is 35.0 Å². The van der Waals surface area contributed by atoms with Crippen LogP contribution in [-0.2, 0) is 14.3 Å². The number of benzene rings is 2. The van der Waals surface area contributed by atoms with Gasteiger partial charge in [-0.25, -0.2) is 0 Å². The van der Waals surface area contributed by atoms with Gasteiger partial charge in [-0.3, -0.25) is 24.5 Å². The van der Waals surface area contributed by atoms with Gasteiger partial charge in [0.15, 0.2) is 12.4 Å². The van der Waals surface area contributed by atoms with Gasteiger partial charge in [0, 0.05) is 28.0 Å². The average Bonchev–Trinajstić information content (AvgIpc) is 2.70. The topological polar surface area (TPSA) is 116 Å². The van der Waals surface area contributed by atoms with Crippen molar-refractivity contribution in [2.24, 2.45) is 0 Å². The molecule has 10 heteroatoms. The number of hydrogen-bond acceptors (Lipinski definition) is 7. The van der Waals surface area contributed by atoms with Gasteiger partial charge < -0.3 is 10.1 Å². The Kier molecular flexibility index (Phi) is 8.17. The first-order chi connectivity index (χ1) is 13.8. The van der Waals surface area contributed by atoms with Crippen molar-refractivity contribution < 1.29 is 24.0 Å². The number of esters is 1. The molecule has 0 heterocycles. The minimum Gasteiger partial charge on any atom is -0.456 e. The van der Waals surface area contributed by atoms with Crippen molar-refractivity contribution >= 4 is 52.4 Å². The third kappa shape index (κ3) is 6.88. The fourth-order valence-electron chi connectivity index (χ4n) is 2.31. The van der Waals surface area contributed by atoms with Gasteiger partial charge in [-0.05, 0) is 30.5 Å². The number of anilines is 1. The highest BCUT2D eigenvalue weighted by molar-refractivity contribution is 7.98. The molecule has 152 valence electrons. The molecule has 0 aliphatic rings. The second-order valence-electron chi connectivity index (χ2n) is 5.78. The Bertz CT molecular complexity index is 933. The van der Waals surface area contributed by atoms with Crippen molar-refractivity contribution in [3.8, 4) is 0 Å². The fraction of sp³-hybridized carbons (Fsp3) is 0.211. The number of halogens is 1. The maximum Gasteiger partial charge on any atom is 0.306 e. The van der Waals surface area contributed by atoms with Crippen molar-refractivity contribution in [3.63, 3.8) is 0 Å². The van der Waals surface area contributed by atoms with Crippen molar-refractivity contribution in [2.75, 3.05) is 18.2 Å². The predicted molar refractivity (Wildman–Crippen MR) is 109 cm³/mol. The van der Waals surface area contributed by atoms with E-state index in [1.54, 1.807) is 23.9 Å². The van der Waals surface area contributed by atoms with Crippen LogP contribution in [0, 0.1) is 10.1 Å². The van der Waals surface area contributed by atoms with Crippen molar-refractivity contribution in [2.45, 2.75) is 17.7 Å². The molecule has 2 aromatic rings. The van der Waals surface area contributed by atoms with Gasteiger partial charge in [-0.1, -0.05) is 23.7 Å². The van der Waals surface area contributed by atoms with E-state index in [0.717, 1.165) is 11.0 Å². The highest BCUT2D eigenvalue weighted by Crippen LogP contribution is 2.27. The molecule has 0 saturated carbocycles. The number of nitro groups is 1. The SMILES string of the molecule is CSc1ccc(C(=O)CCC(=O)OCC(=O)Nc2cc(Cl)ccc2[N+](=O)[O-])cc1. The molecule has 0 unspecified atom stereocenters. The zero-order valence-corrected chi connectivity index (χ0v) is 16.9. The summed E-state index contributed by atoms with van der Waals surface area (Å²) >= 11 is 7.33. The van der Waals surface area contributed by atoms with E-state index in [9.17, 15) is 24.5 Å². The molecule has 1 N–H and O–H groups in total. The lowest BCUT2D eigenvalue weighted by atomic mass is 10.1. The molecule has 1 amide bonds. The molecule has 2 aromatic carbocycles. The average molecular weight is 437 g/mol. The van der Waals surface area contributed by atoms with Crippen LogP contribution in [0.25, 0.3) is 0 Å². The summed E-state index contributed by atoms with van der Waals surface area (Å²) < 4.78 is 4.82. The highest BCUT2D eigenvalue weighted by Gasteiger charge is 2.17. The van der Waals surface area contributed by atoms with Gasteiger partial charge in [-0.15, -0.1) is 11.8 Å². The maximum absolute atomic E-state index is 12.1. The first-order valence-corrected chi connectivity index (χ1v) is 9.97. The number of ketones is 1. The van der Waals surface area contributed by atoms with E-state index >= 15 is 0 Å². The van der Waals surface area contributed by atoms with Gasteiger partial charge in [0.25, 0.3) is 11.6 Å². The summed E-state index contributed by atoms with van der Waals surface area (Å²) in [5, 5.41) is 13.5. The molecule has 0 atom stereocenters. The van der Waals surface area contributed by atoms with E-state index in [2.05, 4.69) is 5.32 Å². The van der Waals surface area contributed by atoms with Crippen LogP contribution in [0.4, 0.5) is 11.4 Å². The number of nitrogens with zero attached hydrogens (tertiary/aromatic N) is 1. The Morgan fingerprint density at radius 3 is 2.45 bits per heavy atom. The number of carbonyl (C=O) groups is 3. The molecular weight excluding hydrogens is 420 g/mol. The van der Waals surface area contributed by atoms with Crippen molar-refractivity contribution in [1.82, 2.24) is 0 Å². The molecule has 2 rings (SSSR count). The second-order valence-corrected chi connectivity index (χ2v) is 7.10. The predicted octanol–water partition coefficient (Wildman–Crippen LogP) is 4.11. The summed E-state index contributed by atoms with van der Waals surface area (Å²) in [6, 6.07) is 10.7. The Labute approximate surface area is 175 Å². The Hall–Kier alpha value is -2.91. The first kappa shape index (κ1) is 22.4.